The Kier molecular flexibility index (Phi) is 4.77. The third-order valence-electron chi connectivity index (χ3n) is 4.19. The van der Waals surface area contributed by atoms with Crippen molar-refractivity contribution in [2.75, 3.05) is 18.5 Å². The lowest BCUT2D eigenvalue weighted by Crippen LogP contribution is -2.04. The van der Waals surface area contributed by atoms with Crippen LogP contribution in [0.25, 0.3) is 11.3 Å². The molecule has 1 aliphatic rings. The molecule has 144 valence electrons. The number of hydrogen-bond acceptors (Lipinski definition) is 5. The summed E-state index contributed by atoms with van der Waals surface area (Å²) in [5.41, 5.74) is 1.27. The lowest BCUT2D eigenvalue weighted by Gasteiger charge is -2.11. The van der Waals surface area contributed by atoms with E-state index < -0.39 is 11.7 Å². The number of ether oxygens (including phenoxy) is 2. The van der Waals surface area contributed by atoms with Crippen molar-refractivity contribution in [1.82, 2.24) is 9.97 Å². The van der Waals surface area contributed by atoms with Crippen molar-refractivity contribution < 1.29 is 22.6 Å². The first kappa shape index (κ1) is 18.1. The van der Waals surface area contributed by atoms with Crippen molar-refractivity contribution in [2.45, 2.75) is 12.6 Å². The molecule has 2 heterocycles. The molecule has 0 saturated heterocycles. The maximum atomic E-state index is 12.7. The summed E-state index contributed by atoms with van der Waals surface area (Å²) >= 11 is 0. The lowest BCUT2D eigenvalue weighted by atomic mass is 10.1. The first-order chi connectivity index (χ1) is 13.5. The van der Waals surface area contributed by atoms with Gasteiger partial charge in [-0.05, 0) is 42.5 Å². The van der Waals surface area contributed by atoms with Gasteiger partial charge in [-0.25, -0.2) is 9.97 Å². The summed E-state index contributed by atoms with van der Waals surface area (Å²) < 4.78 is 49.3. The van der Waals surface area contributed by atoms with E-state index in [2.05, 4.69) is 15.3 Å². The Morgan fingerprint density at radius 3 is 2.36 bits per heavy atom. The molecule has 4 rings (SSSR count). The van der Waals surface area contributed by atoms with Crippen molar-refractivity contribution in [3.63, 3.8) is 0 Å². The number of nitrogens with zero attached hydrogens (tertiary/aromatic N) is 2. The van der Waals surface area contributed by atoms with Crippen LogP contribution in [0.3, 0.4) is 0 Å². The summed E-state index contributed by atoms with van der Waals surface area (Å²) in [5, 5.41) is 2.99. The summed E-state index contributed by atoms with van der Waals surface area (Å²) in [6.45, 7) is 1.20. The van der Waals surface area contributed by atoms with E-state index in [1.807, 2.05) is 18.2 Å². The Bertz CT molecular complexity index is 975. The highest BCUT2D eigenvalue weighted by Crippen LogP contribution is 2.34. The molecule has 0 spiro atoms. The minimum absolute atomic E-state index is 0.469. The molecule has 2 aromatic carbocycles. The zero-order chi connectivity index (χ0) is 19.6. The molecule has 1 N–H and O–H groups in total. The van der Waals surface area contributed by atoms with Crippen molar-refractivity contribution in [3.05, 3.63) is 60.4 Å². The second-order valence-electron chi connectivity index (χ2n) is 6.20. The van der Waals surface area contributed by atoms with Crippen molar-refractivity contribution >= 4 is 11.5 Å². The molecule has 8 heteroatoms. The van der Waals surface area contributed by atoms with Crippen LogP contribution in [0.5, 0.6) is 11.5 Å². The molecule has 1 aliphatic heterocycles. The average molecular weight is 387 g/mol. The van der Waals surface area contributed by atoms with Crippen LogP contribution in [-0.4, -0.2) is 23.2 Å². The normalized spacial score (nSPS) is 13.7. The number of aromatic nitrogens is 2. The number of anilines is 2. The Balaban J connectivity index is 1.56. The van der Waals surface area contributed by atoms with Gasteiger partial charge in [0.25, 0.3) is 0 Å². The molecule has 0 saturated carbocycles. The van der Waals surface area contributed by atoms with E-state index in [9.17, 15) is 13.2 Å². The lowest BCUT2D eigenvalue weighted by molar-refractivity contribution is -0.137. The van der Waals surface area contributed by atoms with E-state index in [1.54, 1.807) is 6.07 Å². The second-order valence-corrected chi connectivity index (χ2v) is 6.20. The molecular formula is C20H16F3N3O2. The van der Waals surface area contributed by atoms with Gasteiger partial charge in [0, 0.05) is 23.7 Å². The Hall–Kier alpha value is -3.29. The SMILES string of the molecule is FC(F)(F)c1ccc(Nc2cc(-c3ccc4c(c3)OCCCO4)ncn2)cc1. The molecular weight excluding hydrogens is 371 g/mol. The number of halogens is 3. The largest absolute Gasteiger partial charge is 0.490 e. The van der Waals surface area contributed by atoms with Crippen molar-refractivity contribution in [1.29, 1.82) is 0 Å². The monoisotopic (exact) mass is 387 g/mol. The van der Waals surface area contributed by atoms with E-state index >= 15 is 0 Å². The van der Waals surface area contributed by atoms with Crippen LogP contribution in [0, 0.1) is 0 Å². The second kappa shape index (κ2) is 7.38. The molecule has 5 nitrogen and oxygen atoms in total. The number of alkyl halides is 3. The molecule has 0 unspecified atom stereocenters. The molecule has 3 aromatic rings. The van der Waals surface area contributed by atoms with Gasteiger partial charge in [0.05, 0.1) is 24.5 Å². The van der Waals surface area contributed by atoms with Gasteiger partial charge in [0.2, 0.25) is 0 Å². The van der Waals surface area contributed by atoms with Crippen LogP contribution < -0.4 is 14.8 Å². The van der Waals surface area contributed by atoms with Gasteiger partial charge in [-0.2, -0.15) is 13.2 Å². The Morgan fingerprint density at radius 2 is 1.61 bits per heavy atom. The summed E-state index contributed by atoms with van der Waals surface area (Å²) in [4.78, 5) is 8.41. The summed E-state index contributed by atoms with van der Waals surface area (Å²) in [6, 6.07) is 12.0. The highest BCUT2D eigenvalue weighted by atomic mass is 19.4. The van der Waals surface area contributed by atoms with E-state index in [0.29, 0.717) is 41.9 Å². The minimum Gasteiger partial charge on any atom is -0.490 e. The zero-order valence-corrected chi connectivity index (χ0v) is 14.7. The van der Waals surface area contributed by atoms with Crippen LogP contribution in [0.1, 0.15) is 12.0 Å². The third-order valence-corrected chi connectivity index (χ3v) is 4.19. The predicted octanol–water partition coefficient (Wildman–Crippen LogP) is 5.07. The quantitative estimate of drug-likeness (QED) is 0.680. The predicted molar refractivity (Wildman–Crippen MR) is 97.8 cm³/mol. The molecule has 0 bridgehead atoms. The first-order valence-corrected chi connectivity index (χ1v) is 8.65. The maximum absolute atomic E-state index is 12.7. The molecule has 1 aromatic heterocycles. The van der Waals surface area contributed by atoms with Crippen LogP contribution >= 0.6 is 0 Å². The van der Waals surface area contributed by atoms with Crippen molar-refractivity contribution in [3.8, 4) is 22.8 Å². The molecule has 0 amide bonds. The summed E-state index contributed by atoms with van der Waals surface area (Å²) in [5.74, 6) is 1.82. The van der Waals surface area contributed by atoms with Gasteiger partial charge in [-0.3, -0.25) is 0 Å². The Morgan fingerprint density at radius 1 is 0.857 bits per heavy atom. The topological polar surface area (TPSA) is 56.3 Å². The third kappa shape index (κ3) is 4.00. The summed E-state index contributed by atoms with van der Waals surface area (Å²) in [6.07, 6.45) is -2.15. The van der Waals surface area contributed by atoms with Gasteiger partial charge in [0.1, 0.15) is 12.1 Å². The first-order valence-electron chi connectivity index (χ1n) is 8.65. The Labute approximate surface area is 159 Å². The van der Waals surface area contributed by atoms with E-state index in [4.69, 9.17) is 9.47 Å². The van der Waals surface area contributed by atoms with E-state index in [0.717, 1.165) is 24.1 Å². The van der Waals surface area contributed by atoms with Crippen LogP contribution in [0.2, 0.25) is 0 Å². The fourth-order valence-electron chi connectivity index (χ4n) is 2.80. The average Bonchev–Trinajstić information content (AvgIpc) is 2.93. The van der Waals surface area contributed by atoms with E-state index in [-0.39, 0.29) is 0 Å². The maximum Gasteiger partial charge on any atom is 0.416 e. The number of fused-ring (bicyclic) bond motifs is 1. The van der Waals surface area contributed by atoms with Gasteiger partial charge in [-0.15, -0.1) is 0 Å². The van der Waals surface area contributed by atoms with Crippen LogP contribution in [0.15, 0.2) is 54.9 Å². The fourth-order valence-corrected chi connectivity index (χ4v) is 2.80. The minimum atomic E-state index is -4.36. The summed E-state index contributed by atoms with van der Waals surface area (Å²) in [7, 11) is 0. The highest BCUT2D eigenvalue weighted by molar-refractivity contribution is 5.68. The standard InChI is InChI=1S/C20H16F3N3O2/c21-20(22,23)14-3-5-15(6-4-14)26-19-11-16(24-12-25-19)13-2-7-17-18(10-13)28-9-1-8-27-17/h2-7,10-12H,1,8-9H2,(H,24,25,26). The highest BCUT2D eigenvalue weighted by Gasteiger charge is 2.29. The number of nitrogens with one attached hydrogen (secondary N) is 1. The smallest absolute Gasteiger partial charge is 0.416 e. The molecule has 0 atom stereocenters. The number of benzene rings is 2. The van der Waals surface area contributed by atoms with E-state index in [1.165, 1.54) is 18.5 Å². The van der Waals surface area contributed by atoms with Crippen molar-refractivity contribution in [2.24, 2.45) is 0 Å². The van der Waals surface area contributed by atoms with Gasteiger partial charge in [-0.1, -0.05) is 0 Å². The van der Waals surface area contributed by atoms with Gasteiger partial charge < -0.3 is 14.8 Å². The van der Waals surface area contributed by atoms with Crippen LogP contribution in [0.4, 0.5) is 24.7 Å². The van der Waals surface area contributed by atoms with Crippen LogP contribution in [-0.2, 0) is 6.18 Å². The zero-order valence-electron chi connectivity index (χ0n) is 14.7. The van der Waals surface area contributed by atoms with Gasteiger partial charge >= 0.3 is 6.18 Å². The van der Waals surface area contributed by atoms with Gasteiger partial charge in [0.15, 0.2) is 11.5 Å². The molecule has 0 aliphatic carbocycles. The number of hydrogen-bond donors (Lipinski definition) is 1. The molecule has 28 heavy (non-hydrogen) atoms. The molecule has 0 fully saturated rings. The fraction of sp³-hybridized carbons (Fsp3) is 0.200. The molecule has 0 radical (unpaired) electrons. The number of rotatable bonds is 3.